The fraction of sp³-hybridized carbons (Fsp3) is 0.286. The maximum atomic E-state index is 9.06. The minimum Gasteiger partial charge on any atom is -0.396 e. The minimum absolute atomic E-state index is 0.170. The van der Waals surface area contributed by atoms with E-state index in [-0.39, 0.29) is 13.2 Å². The summed E-state index contributed by atoms with van der Waals surface area (Å²) in [5, 5.41) is 18.1. The van der Waals surface area contributed by atoms with Gasteiger partial charge in [0.1, 0.15) is 6.29 Å². The highest BCUT2D eigenvalue weighted by atomic mass is 16.3. The van der Waals surface area contributed by atoms with Crippen molar-refractivity contribution >= 4 is 6.29 Å². The molecule has 128 valence electrons. The summed E-state index contributed by atoms with van der Waals surface area (Å²) in [6, 6.07) is 14.9. The van der Waals surface area contributed by atoms with Crippen LogP contribution in [-0.4, -0.2) is 29.7 Å². The summed E-state index contributed by atoms with van der Waals surface area (Å²) in [6.45, 7) is 5.57. The first kappa shape index (κ1) is 19.8. The Kier molecular flexibility index (Phi) is 9.35. The lowest BCUT2D eigenvalue weighted by atomic mass is 9.93. The van der Waals surface area contributed by atoms with E-state index in [0.717, 1.165) is 18.4 Å². The van der Waals surface area contributed by atoms with Gasteiger partial charge in [0, 0.05) is 13.2 Å². The van der Waals surface area contributed by atoms with E-state index >= 15 is 0 Å². The number of aliphatic hydroxyl groups excluding tert-OH is 2. The van der Waals surface area contributed by atoms with Crippen LogP contribution in [0, 0.1) is 6.92 Å². The first-order chi connectivity index (χ1) is 11.7. The number of carbonyl (C=O) groups excluding carboxylic acids is 1. The summed E-state index contributed by atoms with van der Waals surface area (Å²) in [6.07, 6.45) is 4.14. The van der Waals surface area contributed by atoms with E-state index in [1.54, 1.807) is 0 Å². The summed E-state index contributed by atoms with van der Waals surface area (Å²) >= 11 is 0. The average Bonchev–Trinajstić information content (AvgIpc) is 2.61. The third-order valence-electron chi connectivity index (χ3n) is 3.63. The summed E-state index contributed by atoms with van der Waals surface area (Å²) in [5.41, 5.74) is 6.08. The number of aryl methyl sites for hydroxylation is 2. The molecule has 0 aliphatic rings. The maximum Gasteiger partial charge on any atom is 0.142 e. The van der Waals surface area contributed by atoms with E-state index in [1.165, 1.54) is 28.3 Å². The Morgan fingerprint density at radius 2 is 1.67 bits per heavy atom. The van der Waals surface area contributed by atoms with Crippen LogP contribution in [0.15, 0.2) is 55.1 Å². The van der Waals surface area contributed by atoms with E-state index in [0.29, 0.717) is 12.7 Å². The number of allylic oxidation sites excluding steroid dienone is 1. The largest absolute Gasteiger partial charge is 0.396 e. The molecule has 2 aromatic rings. The lowest BCUT2D eigenvalue weighted by Crippen LogP contribution is -1.97. The molecule has 0 spiro atoms. The molecule has 0 aliphatic heterocycles. The lowest BCUT2D eigenvalue weighted by molar-refractivity contribution is -0.104. The van der Waals surface area contributed by atoms with Crippen molar-refractivity contribution in [1.29, 1.82) is 0 Å². The normalized spacial score (nSPS) is 9.79. The van der Waals surface area contributed by atoms with Gasteiger partial charge < -0.3 is 10.2 Å². The van der Waals surface area contributed by atoms with E-state index in [1.807, 2.05) is 0 Å². The summed E-state index contributed by atoms with van der Waals surface area (Å²) < 4.78 is 0. The molecule has 0 atom stereocenters. The van der Waals surface area contributed by atoms with Gasteiger partial charge in [0.2, 0.25) is 0 Å². The molecule has 0 fully saturated rings. The summed E-state index contributed by atoms with van der Waals surface area (Å²) in [7, 11) is 0. The number of hydrogen-bond donors (Lipinski definition) is 2. The molecule has 0 bridgehead atoms. The predicted octanol–water partition coefficient (Wildman–Crippen LogP) is 3.49. The Morgan fingerprint density at radius 1 is 1.00 bits per heavy atom. The van der Waals surface area contributed by atoms with Crippen molar-refractivity contribution in [2.24, 2.45) is 0 Å². The molecule has 0 aromatic heterocycles. The molecule has 2 N–H and O–H groups in total. The van der Waals surface area contributed by atoms with E-state index in [2.05, 4.69) is 56.0 Å². The smallest absolute Gasteiger partial charge is 0.142 e. The lowest BCUT2D eigenvalue weighted by Gasteiger charge is -2.12. The van der Waals surface area contributed by atoms with Crippen molar-refractivity contribution < 1.29 is 15.0 Å². The number of hydrogen-bond acceptors (Lipinski definition) is 3. The molecule has 0 saturated heterocycles. The zero-order chi connectivity index (χ0) is 17.8. The van der Waals surface area contributed by atoms with Crippen LogP contribution in [0.3, 0.4) is 0 Å². The fourth-order valence-corrected chi connectivity index (χ4v) is 2.42. The second kappa shape index (κ2) is 11.3. The van der Waals surface area contributed by atoms with Gasteiger partial charge >= 0.3 is 0 Å². The van der Waals surface area contributed by atoms with Crippen LogP contribution in [0.2, 0.25) is 0 Å². The predicted molar refractivity (Wildman–Crippen MR) is 99.1 cm³/mol. The summed E-state index contributed by atoms with van der Waals surface area (Å²) in [5.74, 6) is 0. The first-order valence-corrected chi connectivity index (χ1v) is 8.13. The van der Waals surface area contributed by atoms with Crippen molar-refractivity contribution in [3.8, 4) is 11.1 Å². The SMILES string of the molecule is C=CC=O.Cc1ccc(-c2ccc(CCO)cc2CCCO)cc1. The molecule has 2 aromatic carbocycles. The molecule has 0 saturated carbocycles. The second-order valence-corrected chi connectivity index (χ2v) is 5.53. The van der Waals surface area contributed by atoms with Gasteiger partial charge in [0.25, 0.3) is 0 Å². The van der Waals surface area contributed by atoms with Gasteiger partial charge in [-0.05, 0) is 54.5 Å². The molecule has 24 heavy (non-hydrogen) atoms. The van der Waals surface area contributed by atoms with Gasteiger partial charge in [-0.2, -0.15) is 0 Å². The van der Waals surface area contributed by atoms with Crippen molar-refractivity contribution in [1.82, 2.24) is 0 Å². The van der Waals surface area contributed by atoms with E-state index in [9.17, 15) is 0 Å². The standard InChI is InChI=1S/C18H22O2.C3H4O/c1-14-4-7-16(8-5-14)18-9-6-15(10-12-20)13-17(18)3-2-11-19;1-2-3-4/h4-9,13,19-20H,2-3,10-12H2,1H3;2-3H,1H2. The number of aldehydes is 1. The zero-order valence-electron chi connectivity index (χ0n) is 14.2. The third kappa shape index (κ3) is 6.49. The van der Waals surface area contributed by atoms with Crippen LogP contribution in [0.5, 0.6) is 0 Å². The Hall–Kier alpha value is -2.23. The van der Waals surface area contributed by atoms with Crippen molar-refractivity contribution in [3.05, 3.63) is 71.8 Å². The van der Waals surface area contributed by atoms with E-state index in [4.69, 9.17) is 15.0 Å². The Balaban J connectivity index is 0.000000648. The topological polar surface area (TPSA) is 57.5 Å². The van der Waals surface area contributed by atoms with E-state index < -0.39 is 0 Å². The second-order valence-electron chi connectivity index (χ2n) is 5.53. The third-order valence-corrected chi connectivity index (χ3v) is 3.63. The quantitative estimate of drug-likeness (QED) is 0.605. The van der Waals surface area contributed by atoms with Crippen LogP contribution in [0.4, 0.5) is 0 Å². The zero-order valence-corrected chi connectivity index (χ0v) is 14.2. The Labute approximate surface area is 144 Å². The molecule has 3 nitrogen and oxygen atoms in total. The van der Waals surface area contributed by atoms with Gasteiger partial charge in [-0.15, -0.1) is 0 Å². The Morgan fingerprint density at radius 3 is 2.21 bits per heavy atom. The molecule has 0 heterocycles. The highest BCUT2D eigenvalue weighted by Gasteiger charge is 2.06. The molecule has 0 unspecified atom stereocenters. The van der Waals surface area contributed by atoms with Crippen LogP contribution in [0.25, 0.3) is 11.1 Å². The van der Waals surface area contributed by atoms with Crippen LogP contribution < -0.4 is 0 Å². The number of carbonyl (C=O) groups is 1. The highest BCUT2D eigenvalue weighted by molar-refractivity contribution is 5.68. The van der Waals surface area contributed by atoms with Gasteiger partial charge in [0.05, 0.1) is 0 Å². The first-order valence-electron chi connectivity index (χ1n) is 8.13. The minimum atomic E-state index is 0.170. The fourth-order valence-electron chi connectivity index (χ4n) is 2.42. The van der Waals surface area contributed by atoms with Crippen LogP contribution in [-0.2, 0) is 17.6 Å². The van der Waals surface area contributed by atoms with Crippen molar-refractivity contribution in [2.75, 3.05) is 13.2 Å². The van der Waals surface area contributed by atoms with Crippen LogP contribution >= 0.6 is 0 Å². The highest BCUT2D eigenvalue weighted by Crippen LogP contribution is 2.26. The maximum absolute atomic E-state index is 9.06. The van der Waals surface area contributed by atoms with Gasteiger partial charge in [0.15, 0.2) is 0 Å². The molecule has 0 amide bonds. The van der Waals surface area contributed by atoms with Gasteiger partial charge in [-0.1, -0.05) is 54.6 Å². The molecular weight excluding hydrogens is 300 g/mol. The molecule has 0 aliphatic carbocycles. The number of rotatable bonds is 7. The molecule has 2 rings (SSSR count). The van der Waals surface area contributed by atoms with Crippen molar-refractivity contribution in [3.63, 3.8) is 0 Å². The van der Waals surface area contributed by atoms with Crippen LogP contribution in [0.1, 0.15) is 23.1 Å². The number of aliphatic hydroxyl groups is 2. The Bertz CT molecular complexity index is 624. The van der Waals surface area contributed by atoms with Gasteiger partial charge in [-0.3, -0.25) is 4.79 Å². The molecular formula is C21H26O3. The number of benzene rings is 2. The van der Waals surface area contributed by atoms with Gasteiger partial charge in [-0.25, -0.2) is 0 Å². The summed E-state index contributed by atoms with van der Waals surface area (Å²) in [4.78, 5) is 9.06. The monoisotopic (exact) mass is 326 g/mol. The average molecular weight is 326 g/mol. The molecule has 0 radical (unpaired) electrons. The van der Waals surface area contributed by atoms with Crippen molar-refractivity contribution in [2.45, 2.75) is 26.2 Å². The molecule has 3 heteroatoms.